The highest BCUT2D eigenvalue weighted by molar-refractivity contribution is 7.90. The lowest BCUT2D eigenvalue weighted by molar-refractivity contribution is 0.0627. The predicted octanol–water partition coefficient (Wildman–Crippen LogP) is 2.83. The first-order valence-electron chi connectivity index (χ1n) is 8.30. The molecule has 0 radical (unpaired) electrons. The van der Waals surface area contributed by atoms with E-state index in [9.17, 15) is 13.5 Å². The van der Waals surface area contributed by atoms with Crippen LogP contribution in [0.3, 0.4) is 0 Å². The monoisotopic (exact) mass is 362 g/mol. The summed E-state index contributed by atoms with van der Waals surface area (Å²) in [6, 6.07) is 17.4. The molecular weight excluding hydrogens is 336 g/mol. The summed E-state index contributed by atoms with van der Waals surface area (Å²) in [6.07, 6.45) is 0. The molecule has 1 unspecified atom stereocenters. The van der Waals surface area contributed by atoms with E-state index in [2.05, 4.69) is 10.0 Å². The second kappa shape index (κ2) is 7.99. The molecule has 5 nitrogen and oxygen atoms in total. The van der Waals surface area contributed by atoms with Gasteiger partial charge in [-0.25, -0.2) is 13.1 Å². The van der Waals surface area contributed by atoms with Crippen LogP contribution in [0.15, 0.2) is 54.6 Å². The third-order valence-electron chi connectivity index (χ3n) is 4.08. The highest BCUT2D eigenvalue weighted by atomic mass is 32.2. The Balaban J connectivity index is 1.98. The summed E-state index contributed by atoms with van der Waals surface area (Å²) in [4.78, 5) is 0. The minimum atomic E-state index is -3.41. The molecule has 0 aliphatic carbocycles. The lowest BCUT2D eigenvalue weighted by Crippen LogP contribution is -2.41. The average molecular weight is 362 g/mol. The van der Waals surface area contributed by atoms with Crippen LogP contribution in [0.4, 0.5) is 5.69 Å². The zero-order valence-electron chi connectivity index (χ0n) is 14.9. The molecule has 0 saturated carbocycles. The van der Waals surface area contributed by atoms with Crippen molar-refractivity contribution in [1.29, 1.82) is 0 Å². The Bertz CT molecular complexity index is 770. The number of aliphatic hydroxyl groups is 1. The summed E-state index contributed by atoms with van der Waals surface area (Å²) in [5.74, 6) is 0. The van der Waals surface area contributed by atoms with Gasteiger partial charge in [0.25, 0.3) is 0 Å². The van der Waals surface area contributed by atoms with E-state index in [1.54, 1.807) is 32.9 Å². The Morgan fingerprint density at radius 3 is 2.20 bits per heavy atom. The summed E-state index contributed by atoms with van der Waals surface area (Å²) < 4.78 is 26.2. The number of benzene rings is 2. The second-order valence-electron chi connectivity index (χ2n) is 6.61. The van der Waals surface area contributed by atoms with Gasteiger partial charge < -0.3 is 10.4 Å². The van der Waals surface area contributed by atoms with Crippen LogP contribution in [0, 0.1) is 0 Å². The fraction of sp³-hybridized carbons (Fsp3) is 0.368. The van der Waals surface area contributed by atoms with Crippen molar-refractivity contribution in [3.8, 4) is 0 Å². The van der Waals surface area contributed by atoms with Gasteiger partial charge in [0, 0.05) is 18.8 Å². The summed E-state index contributed by atoms with van der Waals surface area (Å²) >= 11 is 0. The van der Waals surface area contributed by atoms with Crippen molar-refractivity contribution < 1.29 is 13.5 Å². The molecule has 0 spiro atoms. The summed E-state index contributed by atoms with van der Waals surface area (Å²) in [5, 5.41) is 13.4. The smallest absolute Gasteiger partial charge is 0.214 e. The van der Waals surface area contributed by atoms with Crippen molar-refractivity contribution in [3.05, 3.63) is 65.7 Å². The van der Waals surface area contributed by atoms with Crippen molar-refractivity contribution in [2.45, 2.75) is 38.2 Å². The Labute approximate surface area is 150 Å². The molecule has 0 saturated heterocycles. The zero-order valence-corrected chi connectivity index (χ0v) is 15.7. The minimum Gasteiger partial charge on any atom is -0.384 e. The molecule has 0 aliphatic heterocycles. The summed E-state index contributed by atoms with van der Waals surface area (Å²) in [6.45, 7) is 5.45. The first-order valence-corrected chi connectivity index (χ1v) is 9.84. The third-order valence-corrected chi connectivity index (χ3v) is 5.87. The molecule has 3 N–H and O–H groups in total. The van der Waals surface area contributed by atoms with E-state index in [1.807, 2.05) is 42.5 Å². The van der Waals surface area contributed by atoms with Gasteiger partial charge in [-0.2, -0.15) is 0 Å². The summed E-state index contributed by atoms with van der Waals surface area (Å²) in [5.41, 5.74) is 1.50. The standard InChI is InChI=1S/C19H26N2O3S/c1-15(2)25(23,24)21-14-19(3,22)17-9-11-18(12-10-17)20-13-16-7-5-4-6-8-16/h4-12,15,20-22H,13-14H2,1-3H3. The van der Waals surface area contributed by atoms with Gasteiger partial charge in [-0.3, -0.25) is 0 Å². The molecule has 0 aromatic heterocycles. The molecule has 2 rings (SSSR count). The van der Waals surface area contributed by atoms with Crippen molar-refractivity contribution in [1.82, 2.24) is 4.72 Å². The highest BCUT2D eigenvalue weighted by Crippen LogP contribution is 2.22. The van der Waals surface area contributed by atoms with E-state index in [0.29, 0.717) is 12.1 Å². The van der Waals surface area contributed by atoms with E-state index in [1.165, 1.54) is 5.56 Å². The van der Waals surface area contributed by atoms with E-state index in [-0.39, 0.29) is 6.54 Å². The Hall–Kier alpha value is -1.89. The Kier molecular flexibility index (Phi) is 6.21. The third kappa shape index (κ3) is 5.56. The lowest BCUT2D eigenvalue weighted by Gasteiger charge is -2.25. The van der Waals surface area contributed by atoms with Gasteiger partial charge in [0.05, 0.1) is 5.25 Å². The van der Waals surface area contributed by atoms with Crippen LogP contribution in [-0.2, 0) is 22.2 Å². The number of hydrogen-bond donors (Lipinski definition) is 3. The number of hydrogen-bond acceptors (Lipinski definition) is 4. The van der Waals surface area contributed by atoms with Crippen LogP contribution in [0.25, 0.3) is 0 Å². The molecule has 0 bridgehead atoms. The topological polar surface area (TPSA) is 78.4 Å². The van der Waals surface area contributed by atoms with Crippen LogP contribution < -0.4 is 10.0 Å². The quantitative estimate of drug-likeness (QED) is 0.675. The molecular formula is C19H26N2O3S. The maximum atomic E-state index is 11.9. The number of nitrogens with one attached hydrogen (secondary N) is 2. The minimum absolute atomic E-state index is 0.0652. The molecule has 0 aliphatic rings. The molecule has 0 amide bonds. The molecule has 0 fully saturated rings. The molecule has 2 aromatic rings. The first kappa shape index (κ1) is 19.4. The van der Waals surface area contributed by atoms with Crippen molar-refractivity contribution in [2.75, 3.05) is 11.9 Å². The second-order valence-corrected chi connectivity index (χ2v) is 8.93. The molecule has 2 aromatic carbocycles. The van der Waals surface area contributed by atoms with Crippen molar-refractivity contribution >= 4 is 15.7 Å². The van der Waals surface area contributed by atoms with Crippen LogP contribution in [0.2, 0.25) is 0 Å². The van der Waals surface area contributed by atoms with Crippen molar-refractivity contribution in [3.63, 3.8) is 0 Å². The fourth-order valence-corrected chi connectivity index (χ4v) is 3.07. The van der Waals surface area contributed by atoms with Crippen LogP contribution in [0.1, 0.15) is 31.9 Å². The fourth-order valence-electron chi connectivity index (χ4n) is 2.26. The first-order chi connectivity index (χ1) is 11.7. The van der Waals surface area contributed by atoms with E-state index in [0.717, 1.165) is 5.69 Å². The van der Waals surface area contributed by atoms with E-state index < -0.39 is 20.9 Å². The maximum Gasteiger partial charge on any atom is 0.214 e. The van der Waals surface area contributed by atoms with Crippen LogP contribution in [0.5, 0.6) is 0 Å². The number of rotatable bonds is 8. The Morgan fingerprint density at radius 1 is 1.04 bits per heavy atom. The normalized spacial score (nSPS) is 14.3. The molecule has 1 atom stereocenters. The van der Waals surface area contributed by atoms with Gasteiger partial charge in [-0.05, 0) is 44.0 Å². The molecule has 136 valence electrons. The molecule has 6 heteroatoms. The average Bonchev–Trinajstić information content (AvgIpc) is 2.59. The Morgan fingerprint density at radius 2 is 1.64 bits per heavy atom. The largest absolute Gasteiger partial charge is 0.384 e. The lowest BCUT2D eigenvalue weighted by atomic mass is 9.96. The van der Waals surface area contributed by atoms with E-state index >= 15 is 0 Å². The summed E-state index contributed by atoms with van der Waals surface area (Å²) in [7, 11) is -3.41. The molecule has 25 heavy (non-hydrogen) atoms. The van der Waals surface area contributed by atoms with E-state index in [4.69, 9.17) is 0 Å². The maximum absolute atomic E-state index is 11.9. The van der Waals surface area contributed by atoms with Gasteiger partial charge in [0.2, 0.25) is 10.0 Å². The van der Waals surface area contributed by atoms with Gasteiger partial charge >= 0.3 is 0 Å². The highest BCUT2D eigenvalue weighted by Gasteiger charge is 2.26. The van der Waals surface area contributed by atoms with Crippen LogP contribution in [-0.4, -0.2) is 25.3 Å². The number of sulfonamides is 1. The molecule has 0 heterocycles. The van der Waals surface area contributed by atoms with Gasteiger partial charge in [-0.1, -0.05) is 42.5 Å². The van der Waals surface area contributed by atoms with Gasteiger partial charge in [0.15, 0.2) is 0 Å². The number of anilines is 1. The zero-order chi connectivity index (χ0) is 18.5. The van der Waals surface area contributed by atoms with Crippen molar-refractivity contribution in [2.24, 2.45) is 0 Å². The van der Waals surface area contributed by atoms with Gasteiger partial charge in [-0.15, -0.1) is 0 Å². The SMILES string of the molecule is CC(C)S(=O)(=O)NCC(C)(O)c1ccc(NCc2ccccc2)cc1. The van der Waals surface area contributed by atoms with Crippen LogP contribution >= 0.6 is 0 Å². The predicted molar refractivity (Wildman–Crippen MR) is 102 cm³/mol. The van der Waals surface area contributed by atoms with Gasteiger partial charge in [0.1, 0.15) is 5.60 Å².